The van der Waals surface area contributed by atoms with E-state index in [2.05, 4.69) is 5.32 Å². The number of sulfone groups is 1. The molecule has 0 heterocycles. The van der Waals surface area contributed by atoms with Crippen molar-refractivity contribution in [3.63, 3.8) is 0 Å². The molecule has 4 nitrogen and oxygen atoms in total. The summed E-state index contributed by atoms with van der Waals surface area (Å²) in [5.41, 5.74) is 0. The van der Waals surface area contributed by atoms with Gasteiger partial charge in [-0.2, -0.15) is 0 Å². The molecule has 0 radical (unpaired) electrons. The number of benzene rings is 1. The van der Waals surface area contributed by atoms with Gasteiger partial charge in [0, 0.05) is 12.6 Å². The molecule has 0 fully saturated rings. The van der Waals surface area contributed by atoms with E-state index in [4.69, 9.17) is 0 Å². The number of nitrogens with one attached hydrogen (secondary N) is 1. The van der Waals surface area contributed by atoms with Crippen LogP contribution in [0.4, 0.5) is 8.78 Å². The van der Waals surface area contributed by atoms with E-state index >= 15 is 0 Å². The Kier molecular flexibility index (Phi) is 5.18. The molecule has 0 bridgehead atoms. The summed E-state index contributed by atoms with van der Waals surface area (Å²) >= 11 is 0. The predicted octanol–water partition coefficient (Wildman–Crippen LogP) is 0.709. The highest BCUT2D eigenvalue weighted by molar-refractivity contribution is 7.91. The molecule has 0 aliphatic rings. The van der Waals surface area contributed by atoms with Crippen molar-refractivity contribution in [3.05, 3.63) is 29.8 Å². The quantitative estimate of drug-likeness (QED) is 0.753. The summed E-state index contributed by atoms with van der Waals surface area (Å²) in [5.74, 6) is -2.60. The normalized spacial score (nSPS) is 13.6. The molecule has 18 heavy (non-hydrogen) atoms. The lowest BCUT2D eigenvalue weighted by Crippen LogP contribution is -2.32. The van der Waals surface area contributed by atoms with Gasteiger partial charge in [0.1, 0.15) is 16.5 Å². The fraction of sp³-hybridized carbons (Fsp3) is 0.455. The topological polar surface area (TPSA) is 66.4 Å². The summed E-state index contributed by atoms with van der Waals surface area (Å²) in [6, 6.07) is 2.23. The van der Waals surface area contributed by atoms with Crippen LogP contribution in [-0.2, 0) is 9.84 Å². The van der Waals surface area contributed by atoms with Crippen LogP contribution in [0.15, 0.2) is 23.1 Å². The Hall–Kier alpha value is -1.05. The monoisotopic (exact) mass is 279 g/mol. The van der Waals surface area contributed by atoms with Crippen LogP contribution in [-0.4, -0.2) is 38.5 Å². The van der Waals surface area contributed by atoms with Gasteiger partial charge < -0.3 is 10.4 Å². The number of aliphatic hydroxyl groups is 1. The average molecular weight is 279 g/mol. The summed E-state index contributed by atoms with van der Waals surface area (Å²) in [5, 5.41) is 12.3. The SMILES string of the molecule is CCNCC(O)CS(=O)(=O)c1ccc(F)cc1F. The van der Waals surface area contributed by atoms with Gasteiger partial charge in [0.15, 0.2) is 9.84 Å². The minimum atomic E-state index is -3.97. The van der Waals surface area contributed by atoms with E-state index < -0.39 is 38.2 Å². The van der Waals surface area contributed by atoms with Crippen molar-refractivity contribution in [2.75, 3.05) is 18.8 Å². The van der Waals surface area contributed by atoms with Crippen molar-refractivity contribution >= 4 is 9.84 Å². The maximum absolute atomic E-state index is 13.3. The molecule has 0 saturated heterocycles. The minimum Gasteiger partial charge on any atom is -0.391 e. The molecule has 1 atom stereocenters. The molecule has 0 saturated carbocycles. The number of rotatable bonds is 6. The first kappa shape index (κ1) is 15.0. The Morgan fingerprint density at radius 2 is 2.06 bits per heavy atom. The van der Waals surface area contributed by atoms with E-state index in [0.29, 0.717) is 12.6 Å². The third kappa shape index (κ3) is 4.01. The van der Waals surface area contributed by atoms with Gasteiger partial charge in [0.05, 0.1) is 11.9 Å². The highest BCUT2D eigenvalue weighted by atomic mass is 32.2. The summed E-state index contributed by atoms with van der Waals surface area (Å²) in [6.45, 7) is 2.49. The maximum atomic E-state index is 13.3. The van der Waals surface area contributed by atoms with E-state index in [0.717, 1.165) is 12.1 Å². The summed E-state index contributed by atoms with van der Waals surface area (Å²) in [7, 11) is -3.97. The number of likely N-dealkylation sites (N-methyl/N-ethyl adjacent to an activating group) is 1. The van der Waals surface area contributed by atoms with Crippen molar-refractivity contribution in [1.29, 1.82) is 0 Å². The van der Waals surface area contributed by atoms with Crippen LogP contribution in [0.25, 0.3) is 0 Å². The Labute approximate surface area is 105 Å². The molecule has 0 amide bonds. The molecule has 7 heteroatoms. The van der Waals surface area contributed by atoms with Crippen LogP contribution in [0, 0.1) is 11.6 Å². The fourth-order valence-corrected chi connectivity index (χ4v) is 2.88. The molecule has 0 aliphatic heterocycles. The molecule has 0 aliphatic carbocycles. The Bertz CT molecular complexity index is 505. The second kappa shape index (κ2) is 6.21. The highest BCUT2D eigenvalue weighted by Crippen LogP contribution is 2.17. The van der Waals surface area contributed by atoms with E-state index in [1.54, 1.807) is 6.92 Å². The van der Waals surface area contributed by atoms with Crippen LogP contribution < -0.4 is 5.32 Å². The van der Waals surface area contributed by atoms with Crippen molar-refractivity contribution in [1.82, 2.24) is 5.32 Å². The Morgan fingerprint density at radius 3 is 2.61 bits per heavy atom. The second-order valence-corrected chi connectivity index (χ2v) is 5.82. The Balaban J connectivity index is 2.86. The molecule has 1 unspecified atom stereocenters. The van der Waals surface area contributed by atoms with Gasteiger partial charge in [-0.3, -0.25) is 0 Å². The highest BCUT2D eigenvalue weighted by Gasteiger charge is 2.23. The number of aliphatic hydroxyl groups excluding tert-OH is 1. The largest absolute Gasteiger partial charge is 0.391 e. The minimum absolute atomic E-state index is 0.0958. The van der Waals surface area contributed by atoms with Crippen molar-refractivity contribution in [3.8, 4) is 0 Å². The second-order valence-electron chi connectivity index (χ2n) is 3.82. The summed E-state index contributed by atoms with van der Waals surface area (Å²) in [6.07, 6.45) is -1.14. The molecule has 1 aromatic rings. The van der Waals surface area contributed by atoms with E-state index in [1.165, 1.54) is 0 Å². The smallest absolute Gasteiger partial charge is 0.183 e. The lowest BCUT2D eigenvalue weighted by atomic mass is 10.3. The van der Waals surface area contributed by atoms with Crippen LogP contribution in [0.1, 0.15) is 6.92 Å². The molecule has 2 N–H and O–H groups in total. The van der Waals surface area contributed by atoms with Crippen LogP contribution >= 0.6 is 0 Å². The zero-order valence-corrected chi connectivity index (χ0v) is 10.7. The number of hydrogen-bond acceptors (Lipinski definition) is 4. The van der Waals surface area contributed by atoms with Crippen molar-refractivity contribution < 1.29 is 22.3 Å². The van der Waals surface area contributed by atoms with E-state index in [9.17, 15) is 22.3 Å². The van der Waals surface area contributed by atoms with Gasteiger partial charge in [0.2, 0.25) is 0 Å². The molecule has 1 rings (SSSR count). The van der Waals surface area contributed by atoms with Crippen LogP contribution in [0.2, 0.25) is 0 Å². The number of halogens is 2. The summed E-state index contributed by atoms with van der Waals surface area (Å²) < 4.78 is 49.6. The zero-order valence-electron chi connectivity index (χ0n) is 9.86. The first-order valence-electron chi connectivity index (χ1n) is 5.43. The zero-order chi connectivity index (χ0) is 13.8. The van der Waals surface area contributed by atoms with Crippen LogP contribution in [0.3, 0.4) is 0 Å². The third-order valence-corrected chi connectivity index (χ3v) is 4.10. The molecular weight excluding hydrogens is 264 g/mol. The van der Waals surface area contributed by atoms with Gasteiger partial charge in [-0.25, -0.2) is 17.2 Å². The van der Waals surface area contributed by atoms with Gasteiger partial charge in [-0.15, -0.1) is 0 Å². The van der Waals surface area contributed by atoms with Crippen molar-refractivity contribution in [2.24, 2.45) is 0 Å². The molecule has 102 valence electrons. The van der Waals surface area contributed by atoms with E-state index in [1.807, 2.05) is 0 Å². The number of hydrogen-bond donors (Lipinski definition) is 2. The van der Waals surface area contributed by atoms with Crippen molar-refractivity contribution in [2.45, 2.75) is 17.9 Å². The molecular formula is C11H15F2NO3S. The molecule has 1 aromatic carbocycles. The first-order valence-corrected chi connectivity index (χ1v) is 7.08. The first-order chi connectivity index (χ1) is 8.36. The summed E-state index contributed by atoms with van der Waals surface area (Å²) in [4.78, 5) is -0.598. The van der Waals surface area contributed by atoms with E-state index in [-0.39, 0.29) is 6.54 Å². The van der Waals surface area contributed by atoms with Gasteiger partial charge >= 0.3 is 0 Å². The lowest BCUT2D eigenvalue weighted by molar-refractivity contribution is 0.194. The Morgan fingerprint density at radius 1 is 1.39 bits per heavy atom. The molecule has 0 spiro atoms. The molecule has 0 aromatic heterocycles. The third-order valence-electron chi connectivity index (χ3n) is 2.27. The van der Waals surface area contributed by atoms with Gasteiger partial charge in [-0.05, 0) is 18.7 Å². The standard InChI is InChI=1S/C11H15F2NO3S/c1-2-14-6-9(15)7-18(16,17)11-4-3-8(12)5-10(11)13/h3-5,9,14-15H,2,6-7H2,1H3. The predicted molar refractivity (Wildman–Crippen MR) is 63.0 cm³/mol. The maximum Gasteiger partial charge on any atom is 0.183 e. The van der Waals surface area contributed by atoms with Gasteiger partial charge in [0.25, 0.3) is 0 Å². The van der Waals surface area contributed by atoms with Gasteiger partial charge in [-0.1, -0.05) is 6.92 Å². The fourth-order valence-electron chi connectivity index (χ4n) is 1.44. The average Bonchev–Trinajstić information content (AvgIpc) is 2.25. The van der Waals surface area contributed by atoms with Crippen LogP contribution in [0.5, 0.6) is 0 Å². The lowest BCUT2D eigenvalue weighted by Gasteiger charge is -2.12.